The van der Waals surface area contributed by atoms with Gasteiger partial charge in [0.25, 0.3) is 0 Å². The number of amides is 1. The molecule has 0 aliphatic heterocycles. The van der Waals surface area contributed by atoms with E-state index in [2.05, 4.69) is 0 Å². The van der Waals surface area contributed by atoms with E-state index in [-0.39, 0.29) is 0 Å². The van der Waals surface area contributed by atoms with Crippen LogP contribution in [0.3, 0.4) is 0 Å². The Balaban J connectivity index is 2.45. The van der Waals surface area contributed by atoms with Gasteiger partial charge in [-0.1, -0.05) is 18.2 Å². The molecule has 0 aliphatic carbocycles. The first-order chi connectivity index (χ1) is 9.13. The van der Waals surface area contributed by atoms with Gasteiger partial charge in [0, 0.05) is 11.5 Å². The number of primary amides is 1. The highest BCUT2D eigenvalue weighted by molar-refractivity contribution is 5.96. The van der Waals surface area contributed by atoms with Crippen LogP contribution in [0.5, 0.6) is 0 Å². The van der Waals surface area contributed by atoms with Crippen LogP contribution < -0.4 is 5.73 Å². The third kappa shape index (κ3) is 2.65. The molecule has 0 aliphatic rings. The van der Waals surface area contributed by atoms with Gasteiger partial charge in [0.15, 0.2) is 0 Å². The summed E-state index contributed by atoms with van der Waals surface area (Å²) < 4.78 is 6.14. The number of aromatic nitrogens is 1. The maximum Gasteiger partial charge on any atom is 0.330 e. The summed E-state index contributed by atoms with van der Waals surface area (Å²) in [7, 11) is 0. The predicted molar refractivity (Wildman–Crippen MR) is 72.6 cm³/mol. The topological polar surface area (TPSA) is 74.3 Å². The predicted octanol–water partition coefficient (Wildman–Crippen LogP) is 2.14. The number of rotatable bonds is 3. The first-order valence-electron chi connectivity index (χ1n) is 5.88. The van der Waals surface area contributed by atoms with E-state index in [9.17, 15) is 9.59 Å². The van der Waals surface area contributed by atoms with Crippen LogP contribution in [0.15, 0.2) is 36.4 Å². The smallest absolute Gasteiger partial charge is 0.330 e. The highest BCUT2D eigenvalue weighted by Gasteiger charge is 2.10. The largest absolute Gasteiger partial charge is 0.463 e. The quantitative estimate of drug-likeness (QED) is 0.677. The number of ether oxygens (including phenoxy) is 1. The molecule has 2 aromatic rings. The molecule has 5 heteroatoms. The number of nitrogens with zero attached hydrogens (tertiary/aromatic N) is 1. The maximum absolute atomic E-state index is 11.5. The van der Waals surface area contributed by atoms with E-state index in [4.69, 9.17) is 10.5 Å². The molecule has 5 nitrogen and oxygen atoms in total. The molecule has 1 aromatic carbocycles. The fourth-order valence-electron chi connectivity index (χ4n) is 1.89. The van der Waals surface area contributed by atoms with Crippen molar-refractivity contribution in [2.45, 2.75) is 6.92 Å². The number of carbonyl (C=O) groups is 2. The van der Waals surface area contributed by atoms with Crippen LogP contribution in [0.25, 0.3) is 17.0 Å². The SMILES string of the molecule is CCOC(=O)/C=C/c1cc2ccccc2n1C(N)=O. The highest BCUT2D eigenvalue weighted by Crippen LogP contribution is 2.20. The molecule has 2 rings (SSSR count). The highest BCUT2D eigenvalue weighted by atomic mass is 16.5. The van der Waals surface area contributed by atoms with Gasteiger partial charge in [-0.3, -0.25) is 4.57 Å². The molecule has 0 radical (unpaired) electrons. The Bertz CT molecular complexity index is 656. The second kappa shape index (κ2) is 5.39. The van der Waals surface area contributed by atoms with Crippen LogP contribution in [0.1, 0.15) is 12.6 Å². The van der Waals surface area contributed by atoms with E-state index in [1.165, 1.54) is 16.7 Å². The first-order valence-corrected chi connectivity index (χ1v) is 5.88. The summed E-state index contributed by atoms with van der Waals surface area (Å²) >= 11 is 0. The van der Waals surface area contributed by atoms with Gasteiger partial charge >= 0.3 is 12.0 Å². The minimum absolute atomic E-state index is 0.308. The Kier molecular flexibility index (Phi) is 3.66. The minimum Gasteiger partial charge on any atom is -0.463 e. The van der Waals surface area contributed by atoms with E-state index >= 15 is 0 Å². The Morgan fingerprint density at radius 3 is 2.79 bits per heavy atom. The van der Waals surface area contributed by atoms with E-state index < -0.39 is 12.0 Å². The average Bonchev–Trinajstić information content (AvgIpc) is 2.75. The molecular weight excluding hydrogens is 244 g/mol. The van der Waals surface area contributed by atoms with Crippen molar-refractivity contribution in [2.24, 2.45) is 5.73 Å². The number of nitrogens with two attached hydrogens (primary N) is 1. The molecular formula is C14H14N2O3. The number of carbonyl (C=O) groups excluding carboxylic acids is 2. The van der Waals surface area contributed by atoms with Crippen LogP contribution in [0.4, 0.5) is 4.79 Å². The van der Waals surface area contributed by atoms with Gasteiger partial charge in [-0.25, -0.2) is 9.59 Å². The lowest BCUT2D eigenvalue weighted by Crippen LogP contribution is -2.20. The van der Waals surface area contributed by atoms with Gasteiger partial charge in [-0.15, -0.1) is 0 Å². The van der Waals surface area contributed by atoms with Crippen molar-refractivity contribution >= 4 is 29.0 Å². The molecule has 1 aromatic heterocycles. The standard InChI is InChI=1S/C14H14N2O3/c1-2-19-13(17)8-7-11-9-10-5-3-4-6-12(10)16(11)14(15)18/h3-9H,2H2,1H3,(H2,15,18)/b8-7+. The number of hydrogen-bond donors (Lipinski definition) is 1. The van der Waals surface area contributed by atoms with Gasteiger partial charge in [0.1, 0.15) is 0 Å². The molecule has 98 valence electrons. The Morgan fingerprint density at radius 2 is 2.11 bits per heavy atom. The second-order valence-electron chi connectivity index (χ2n) is 3.89. The monoisotopic (exact) mass is 258 g/mol. The summed E-state index contributed by atoms with van der Waals surface area (Å²) in [6.07, 6.45) is 2.79. The molecule has 1 heterocycles. The fraction of sp³-hybridized carbons (Fsp3) is 0.143. The van der Waals surface area contributed by atoms with Gasteiger partial charge < -0.3 is 10.5 Å². The number of benzene rings is 1. The van der Waals surface area contributed by atoms with Crippen molar-refractivity contribution < 1.29 is 14.3 Å². The molecule has 2 N–H and O–H groups in total. The molecule has 1 amide bonds. The minimum atomic E-state index is -0.593. The van der Waals surface area contributed by atoms with Crippen LogP contribution in [0.2, 0.25) is 0 Å². The van der Waals surface area contributed by atoms with Gasteiger partial charge in [-0.05, 0) is 25.1 Å². The number of hydrogen-bond acceptors (Lipinski definition) is 3. The van der Waals surface area contributed by atoms with Crippen molar-refractivity contribution in [1.29, 1.82) is 0 Å². The fourth-order valence-corrected chi connectivity index (χ4v) is 1.89. The molecule has 0 saturated heterocycles. The lowest BCUT2D eigenvalue weighted by molar-refractivity contribution is -0.137. The number of para-hydroxylation sites is 1. The lowest BCUT2D eigenvalue weighted by atomic mass is 10.2. The summed E-state index contributed by atoms with van der Waals surface area (Å²) in [4.78, 5) is 22.8. The molecule has 0 bridgehead atoms. The summed E-state index contributed by atoms with van der Waals surface area (Å²) in [5.74, 6) is -0.455. The molecule has 0 saturated carbocycles. The summed E-state index contributed by atoms with van der Waals surface area (Å²) in [5, 5.41) is 0.879. The van der Waals surface area contributed by atoms with Crippen LogP contribution >= 0.6 is 0 Å². The van der Waals surface area contributed by atoms with Gasteiger partial charge in [0.2, 0.25) is 0 Å². The summed E-state index contributed by atoms with van der Waals surface area (Å²) in [6.45, 7) is 2.04. The van der Waals surface area contributed by atoms with E-state index in [0.717, 1.165) is 5.39 Å². The average molecular weight is 258 g/mol. The Hall–Kier alpha value is -2.56. The number of esters is 1. The van der Waals surface area contributed by atoms with Crippen molar-refractivity contribution in [1.82, 2.24) is 4.57 Å². The zero-order valence-corrected chi connectivity index (χ0v) is 10.5. The van der Waals surface area contributed by atoms with Crippen molar-refractivity contribution in [3.05, 3.63) is 42.1 Å². The molecule has 0 spiro atoms. The Morgan fingerprint density at radius 1 is 1.37 bits per heavy atom. The zero-order chi connectivity index (χ0) is 13.8. The summed E-state index contributed by atoms with van der Waals surface area (Å²) in [5.41, 5.74) is 6.61. The van der Waals surface area contributed by atoms with Gasteiger partial charge in [0.05, 0.1) is 17.8 Å². The molecule has 0 atom stereocenters. The third-order valence-corrected chi connectivity index (χ3v) is 2.64. The van der Waals surface area contributed by atoms with Crippen LogP contribution in [0, 0.1) is 0 Å². The van der Waals surface area contributed by atoms with Crippen LogP contribution in [-0.2, 0) is 9.53 Å². The van der Waals surface area contributed by atoms with Crippen molar-refractivity contribution in [3.63, 3.8) is 0 Å². The van der Waals surface area contributed by atoms with Crippen molar-refractivity contribution in [3.8, 4) is 0 Å². The maximum atomic E-state index is 11.5. The summed E-state index contributed by atoms with van der Waals surface area (Å²) in [6, 6.07) is 8.55. The van der Waals surface area contributed by atoms with E-state index in [1.54, 1.807) is 19.1 Å². The van der Waals surface area contributed by atoms with Gasteiger partial charge in [-0.2, -0.15) is 0 Å². The molecule has 0 fully saturated rings. The Labute approximate surface area is 110 Å². The zero-order valence-electron chi connectivity index (χ0n) is 10.5. The van der Waals surface area contributed by atoms with Crippen molar-refractivity contribution in [2.75, 3.05) is 6.61 Å². The molecule has 0 unspecified atom stereocenters. The second-order valence-corrected chi connectivity index (χ2v) is 3.89. The van der Waals surface area contributed by atoms with Crippen LogP contribution in [-0.4, -0.2) is 23.2 Å². The first kappa shape index (κ1) is 12.9. The normalized spacial score (nSPS) is 11.0. The molecule has 19 heavy (non-hydrogen) atoms. The van der Waals surface area contributed by atoms with E-state index in [1.807, 2.05) is 18.2 Å². The number of fused-ring (bicyclic) bond motifs is 1. The third-order valence-electron chi connectivity index (χ3n) is 2.64. The lowest BCUT2D eigenvalue weighted by Gasteiger charge is -2.02. The van der Waals surface area contributed by atoms with E-state index in [0.29, 0.717) is 17.8 Å².